The summed E-state index contributed by atoms with van der Waals surface area (Å²) in [6, 6.07) is 4.45. The molecule has 0 radical (unpaired) electrons. The van der Waals surface area contributed by atoms with Crippen molar-refractivity contribution in [2.24, 2.45) is 13.0 Å². The highest BCUT2D eigenvalue weighted by Crippen LogP contribution is 2.30. The largest absolute Gasteiger partial charge is 0.492 e. The maximum atomic E-state index is 12.8. The summed E-state index contributed by atoms with van der Waals surface area (Å²) in [7, 11) is 1.86. The number of nitrogens with one attached hydrogen (secondary N) is 2. The molecule has 1 atom stereocenters. The highest BCUT2D eigenvalue weighted by Gasteiger charge is 2.27. The van der Waals surface area contributed by atoms with Crippen molar-refractivity contribution in [3.05, 3.63) is 36.4 Å². The second-order valence-corrected chi connectivity index (χ2v) is 8.64. The average molecular weight is 436 g/mol. The second kappa shape index (κ2) is 8.74. The Kier molecular flexibility index (Phi) is 5.65. The van der Waals surface area contributed by atoms with E-state index in [4.69, 9.17) is 4.74 Å². The quantitative estimate of drug-likeness (QED) is 0.561. The Labute approximate surface area is 187 Å². The van der Waals surface area contributed by atoms with Crippen LogP contribution in [0.1, 0.15) is 36.7 Å². The Morgan fingerprint density at radius 2 is 2.09 bits per heavy atom. The first-order chi connectivity index (χ1) is 15.6. The maximum Gasteiger partial charge on any atom is 0.275 e. The molecule has 1 aliphatic heterocycles. The van der Waals surface area contributed by atoms with Crippen molar-refractivity contribution in [1.29, 1.82) is 0 Å². The van der Waals surface area contributed by atoms with E-state index in [0.29, 0.717) is 24.0 Å². The van der Waals surface area contributed by atoms with Gasteiger partial charge in [-0.2, -0.15) is 5.10 Å². The fraction of sp³-hybridized carbons (Fsp3) is 0.478. The van der Waals surface area contributed by atoms with Gasteiger partial charge in [-0.3, -0.25) is 9.48 Å². The lowest BCUT2D eigenvalue weighted by molar-refractivity contribution is 0.102. The van der Waals surface area contributed by atoms with Gasteiger partial charge in [0.1, 0.15) is 17.3 Å². The molecule has 168 valence electrons. The van der Waals surface area contributed by atoms with Gasteiger partial charge < -0.3 is 20.3 Å². The Morgan fingerprint density at radius 3 is 2.84 bits per heavy atom. The molecule has 0 bridgehead atoms. The van der Waals surface area contributed by atoms with Crippen LogP contribution in [-0.4, -0.2) is 57.9 Å². The number of hydrogen-bond donors (Lipinski definition) is 2. The smallest absolute Gasteiger partial charge is 0.275 e. The molecule has 0 unspecified atom stereocenters. The van der Waals surface area contributed by atoms with E-state index in [-0.39, 0.29) is 11.6 Å². The summed E-state index contributed by atoms with van der Waals surface area (Å²) in [6.45, 7) is 5.41. The van der Waals surface area contributed by atoms with Crippen molar-refractivity contribution < 1.29 is 9.53 Å². The van der Waals surface area contributed by atoms with Crippen molar-refractivity contribution in [2.75, 3.05) is 36.5 Å². The summed E-state index contributed by atoms with van der Waals surface area (Å²) < 4.78 is 7.45. The first kappa shape index (κ1) is 20.7. The summed E-state index contributed by atoms with van der Waals surface area (Å²) in [4.78, 5) is 24.0. The minimum absolute atomic E-state index is 0.272. The molecule has 2 aromatic heterocycles. The van der Waals surface area contributed by atoms with Crippen molar-refractivity contribution in [1.82, 2.24) is 25.1 Å². The molecule has 1 aliphatic carbocycles. The monoisotopic (exact) mass is 435 g/mol. The normalized spacial score (nSPS) is 18.3. The lowest BCUT2D eigenvalue weighted by Gasteiger charge is -2.17. The summed E-state index contributed by atoms with van der Waals surface area (Å²) in [5, 5.41) is 11.9. The number of ether oxygens (including phenoxy) is 1. The van der Waals surface area contributed by atoms with E-state index in [1.807, 2.05) is 32.3 Å². The number of fused-ring (bicyclic) bond motifs is 1. The van der Waals surface area contributed by atoms with Gasteiger partial charge >= 0.3 is 0 Å². The third-order valence-corrected chi connectivity index (χ3v) is 6.02. The molecule has 32 heavy (non-hydrogen) atoms. The van der Waals surface area contributed by atoms with Crippen LogP contribution in [0.15, 0.2) is 30.7 Å². The number of nitrogens with zero attached hydrogens (tertiary/aromatic N) is 5. The molecule has 3 aromatic rings. The highest BCUT2D eigenvalue weighted by atomic mass is 16.5. The van der Waals surface area contributed by atoms with Crippen molar-refractivity contribution in [3.8, 4) is 5.75 Å². The van der Waals surface area contributed by atoms with Crippen LogP contribution in [0, 0.1) is 5.92 Å². The topological polar surface area (TPSA) is 97.2 Å². The molecule has 2 fully saturated rings. The van der Waals surface area contributed by atoms with Gasteiger partial charge in [-0.1, -0.05) is 0 Å². The van der Waals surface area contributed by atoms with Crippen LogP contribution in [-0.2, 0) is 7.05 Å². The maximum absolute atomic E-state index is 12.8. The van der Waals surface area contributed by atoms with Crippen LogP contribution in [0.2, 0.25) is 0 Å². The fourth-order valence-electron chi connectivity index (χ4n) is 4.16. The first-order valence-electron chi connectivity index (χ1n) is 11.3. The Bertz CT molecular complexity index is 1110. The predicted molar refractivity (Wildman–Crippen MR) is 123 cm³/mol. The predicted octanol–water partition coefficient (Wildman–Crippen LogP) is 2.59. The molecule has 9 nitrogen and oxygen atoms in total. The number of carbonyl (C=O) groups is 1. The Hall–Kier alpha value is -3.20. The van der Waals surface area contributed by atoms with E-state index in [2.05, 4.69) is 30.6 Å². The van der Waals surface area contributed by atoms with Crippen LogP contribution in [0.3, 0.4) is 0 Å². The number of anilines is 2. The lowest BCUT2D eigenvalue weighted by atomic mass is 10.1. The first-order valence-corrected chi connectivity index (χ1v) is 11.3. The summed E-state index contributed by atoms with van der Waals surface area (Å²) in [5.41, 5.74) is 1.68. The van der Waals surface area contributed by atoms with E-state index < -0.39 is 0 Å². The fourth-order valence-corrected chi connectivity index (χ4v) is 4.16. The van der Waals surface area contributed by atoms with Crippen LogP contribution in [0.25, 0.3) is 10.9 Å². The van der Waals surface area contributed by atoms with Gasteiger partial charge in [-0.05, 0) is 44.7 Å². The van der Waals surface area contributed by atoms with Gasteiger partial charge in [0.05, 0.1) is 30.2 Å². The number of amides is 1. The highest BCUT2D eigenvalue weighted by molar-refractivity contribution is 6.04. The molecule has 2 aliphatic rings. The number of carbonyl (C=O) groups excluding carboxylic acids is 1. The molecular weight excluding hydrogens is 406 g/mol. The van der Waals surface area contributed by atoms with Crippen LogP contribution >= 0.6 is 0 Å². The van der Waals surface area contributed by atoms with Gasteiger partial charge in [-0.25, -0.2) is 9.97 Å². The van der Waals surface area contributed by atoms with Gasteiger partial charge in [0.25, 0.3) is 5.91 Å². The molecule has 5 rings (SSSR count). The second-order valence-electron chi connectivity index (χ2n) is 8.64. The molecular formula is C23H29N7O2. The van der Waals surface area contributed by atoms with Crippen LogP contribution in [0.5, 0.6) is 5.75 Å². The molecule has 9 heteroatoms. The summed E-state index contributed by atoms with van der Waals surface area (Å²) >= 11 is 0. The lowest BCUT2D eigenvalue weighted by Crippen LogP contribution is -2.28. The van der Waals surface area contributed by atoms with E-state index in [9.17, 15) is 4.79 Å². The van der Waals surface area contributed by atoms with E-state index in [1.54, 1.807) is 17.1 Å². The third-order valence-electron chi connectivity index (χ3n) is 6.02. The molecule has 1 saturated heterocycles. The number of rotatable bonds is 8. The third kappa shape index (κ3) is 4.52. The van der Waals surface area contributed by atoms with Crippen LogP contribution in [0.4, 0.5) is 11.5 Å². The molecule has 1 amide bonds. The molecule has 0 spiro atoms. The SMILES string of the molecule is CCOc1cc2nn(C)cc2cc1NC(=O)c1cnc(N2CC[C@@H](CNC3CC3)C2)cn1. The molecule has 1 saturated carbocycles. The van der Waals surface area contributed by atoms with Crippen molar-refractivity contribution in [3.63, 3.8) is 0 Å². The zero-order valence-corrected chi connectivity index (χ0v) is 18.5. The number of aryl methyl sites for hydroxylation is 1. The summed E-state index contributed by atoms with van der Waals surface area (Å²) in [5.74, 6) is 1.72. The van der Waals surface area contributed by atoms with Crippen LogP contribution < -0.4 is 20.3 Å². The van der Waals surface area contributed by atoms with Gasteiger partial charge in [0, 0.05) is 43.8 Å². The zero-order chi connectivity index (χ0) is 22.1. The minimum Gasteiger partial charge on any atom is -0.492 e. The molecule has 3 heterocycles. The van der Waals surface area contributed by atoms with Crippen molar-refractivity contribution in [2.45, 2.75) is 32.2 Å². The van der Waals surface area contributed by atoms with Gasteiger partial charge in [0.2, 0.25) is 0 Å². The van der Waals surface area contributed by atoms with Gasteiger partial charge in [-0.15, -0.1) is 0 Å². The zero-order valence-electron chi connectivity index (χ0n) is 18.5. The Morgan fingerprint density at radius 1 is 1.22 bits per heavy atom. The van der Waals surface area contributed by atoms with E-state index >= 15 is 0 Å². The number of benzene rings is 1. The molecule has 1 aromatic carbocycles. The molecule has 2 N–H and O–H groups in total. The Balaban J connectivity index is 1.25. The average Bonchev–Trinajstić information content (AvgIpc) is 3.37. The van der Waals surface area contributed by atoms with Gasteiger partial charge in [0.15, 0.2) is 0 Å². The van der Waals surface area contributed by atoms with E-state index in [0.717, 1.165) is 48.8 Å². The number of hydrogen-bond acceptors (Lipinski definition) is 7. The standard InChI is InChI=1S/C23H29N7O2/c1-3-32-21-9-18-16(14-29(2)28-18)8-19(21)27-23(31)20-11-26-22(12-25-20)30-7-6-15(13-30)10-24-17-4-5-17/h8-9,11-12,14-15,17,24H,3-7,10,13H2,1-2H3,(H,27,31)/t15-/m0/s1. The minimum atomic E-state index is -0.318. The van der Waals surface area contributed by atoms with Crippen molar-refractivity contribution >= 4 is 28.3 Å². The summed E-state index contributed by atoms with van der Waals surface area (Å²) in [6.07, 6.45) is 8.92. The number of aromatic nitrogens is 4. The van der Waals surface area contributed by atoms with E-state index in [1.165, 1.54) is 12.8 Å².